The average Bonchev–Trinajstić information content (AvgIpc) is 3.48. The van der Waals surface area contributed by atoms with Gasteiger partial charge in [-0.3, -0.25) is 14.0 Å². The molecule has 4 aromatic rings. The molecule has 2 saturated heterocycles. The molecule has 3 aromatic carbocycles. The second-order valence-corrected chi connectivity index (χ2v) is 10.9. The van der Waals surface area contributed by atoms with Gasteiger partial charge in [0.2, 0.25) is 0 Å². The summed E-state index contributed by atoms with van der Waals surface area (Å²) >= 11 is 0. The number of rotatable bonds is 8. The van der Waals surface area contributed by atoms with E-state index < -0.39 is 0 Å². The topological polar surface area (TPSA) is 42.6 Å². The Morgan fingerprint density at radius 3 is 2.32 bits per heavy atom. The van der Waals surface area contributed by atoms with E-state index in [9.17, 15) is 4.79 Å². The van der Waals surface area contributed by atoms with Crippen molar-refractivity contribution in [2.45, 2.75) is 57.3 Å². The van der Waals surface area contributed by atoms with Crippen LogP contribution in [-0.4, -0.2) is 51.7 Å². The van der Waals surface area contributed by atoms with Gasteiger partial charge in [0.15, 0.2) is 0 Å². The van der Waals surface area contributed by atoms with Crippen LogP contribution in [0.25, 0.3) is 11.0 Å². The summed E-state index contributed by atoms with van der Waals surface area (Å²) in [5.41, 5.74) is 3.58. The standard InChI is InChI=1S/C32H38N4O2/c1-33-19-8-10-26(33)18-22-35-30-14-5-6-15-31(30)36(32(35)37)27-16-20-34(21-17-27)24-25-9-7-13-29(23-25)38-28-11-3-2-4-12-28/h2-7,9,11-15,23,26-27H,8,10,16-22,24H2,1H3. The molecule has 0 bridgehead atoms. The summed E-state index contributed by atoms with van der Waals surface area (Å²) in [4.78, 5) is 18.7. The Morgan fingerprint density at radius 2 is 1.55 bits per heavy atom. The van der Waals surface area contributed by atoms with Gasteiger partial charge in [-0.1, -0.05) is 42.5 Å². The average molecular weight is 511 g/mol. The van der Waals surface area contributed by atoms with Crippen molar-refractivity contribution >= 4 is 11.0 Å². The van der Waals surface area contributed by atoms with Gasteiger partial charge in [-0.2, -0.15) is 0 Å². The first-order valence-corrected chi connectivity index (χ1v) is 14.1. The van der Waals surface area contributed by atoms with E-state index in [0.717, 1.165) is 68.0 Å². The number of hydrogen-bond donors (Lipinski definition) is 0. The van der Waals surface area contributed by atoms with Crippen molar-refractivity contribution in [1.29, 1.82) is 0 Å². The van der Waals surface area contributed by atoms with Crippen molar-refractivity contribution in [2.75, 3.05) is 26.7 Å². The maximum atomic E-state index is 13.7. The van der Waals surface area contributed by atoms with E-state index in [0.29, 0.717) is 6.04 Å². The SMILES string of the molecule is CN1CCCC1CCn1c(=O)n(C2CCN(Cc3cccc(Oc4ccccc4)c3)CC2)c2ccccc21. The number of aryl methyl sites for hydroxylation is 1. The van der Waals surface area contributed by atoms with Gasteiger partial charge in [-0.05, 0) is 87.7 Å². The minimum atomic E-state index is 0.163. The number of ether oxygens (including phenoxy) is 1. The summed E-state index contributed by atoms with van der Waals surface area (Å²) < 4.78 is 10.2. The quantitative estimate of drug-likeness (QED) is 0.295. The lowest BCUT2D eigenvalue weighted by atomic mass is 10.0. The molecule has 1 aromatic heterocycles. The molecule has 0 aliphatic carbocycles. The minimum absolute atomic E-state index is 0.163. The molecule has 0 saturated carbocycles. The smallest absolute Gasteiger partial charge is 0.329 e. The lowest BCUT2D eigenvalue weighted by molar-refractivity contribution is 0.179. The Kier molecular flexibility index (Phi) is 7.34. The molecule has 2 fully saturated rings. The van der Waals surface area contributed by atoms with E-state index in [1.807, 2.05) is 41.0 Å². The van der Waals surface area contributed by atoms with Crippen molar-refractivity contribution < 1.29 is 4.74 Å². The second kappa shape index (κ2) is 11.2. The molecule has 0 N–H and O–H groups in total. The maximum Gasteiger partial charge on any atom is 0.329 e. The molecule has 1 atom stereocenters. The van der Waals surface area contributed by atoms with Gasteiger partial charge in [0, 0.05) is 38.3 Å². The molecule has 3 heterocycles. The first kappa shape index (κ1) is 25.0. The van der Waals surface area contributed by atoms with Crippen molar-refractivity contribution in [3.05, 3.63) is 94.9 Å². The third kappa shape index (κ3) is 5.29. The number of aromatic nitrogens is 2. The Labute approximate surface area is 225 Å². The molecular formula is C32H38N4O2. The van der Waals surface area contributed by atoms with Gasteiger partial charge in [0.25, 0.3) is 0 Å². The molecule has 38 heavy (non-hydrogen) atoms. The van der Waals surface area contributed by atoms with E-state index >= 15 is 0 Å². The number of piperidine rings is 1. The Bertz CT molecular complexity index is 1420. The first-order chi connectivity index (χ1) is 18.7. The monoisotopic (exact) mass is 510 g/mol. The van der Waals surface area contributed by atoms with Crippen LogP contribution >= 0.6 is 0 Å². The van der Waals surface area contributed by atoms with Crippen LogP contribution in [0.15, 0.2) is 83.7 Å². The summed E-state index contributed by atoms with van der Waals surface area (Å²) in [7, 11) is 2.21. The molecule has 1 unspecified atom stereocenters. The number of benzene rings is 3. The van der Waals surface area contributed by atoms with E-state index in [2.05, 4.69) is 63.9 Å². The molecule has 6 rings (SSSR count). The largest absolute Gasteiger partial charge is 0.457 e. The number of fused-ring (bicyclic) bond motifs is 1. The van der Waals surface area contributed by atoms with Crippen molar-refractivity contribution in [1.82, 2.24) is 18.9 Å². The maximum absolute atomic E-state index is 13.7. The van der Waals surface area contributed by atoms with Crippen LogP contribution in [0.4, 0.5) is 0 Å². The highest BCUT2D eigenvalue weighted by Crippen LogP contribution is 2.28. The zero-order valence-electron chi connectivity index (χ0n) is 22.3. The van der Waals surface area contributed by atoms with Crippen LogP contribution in [0, 0.1) is 0 Å². The molecule has 0 radical (unpaired) electrons. The lowest BCUT2D eigenvalue weighted by Gasteiger charge is -2.32. The molecule has 6 nitrogen and oxygen atoms in total. The van der Waals surface area contributed by atoms with Crippen LogP contribution in [0.1, 0.15) is 43.7 Å². The van der Waals surface area contributed by atoms with Crippen molar-refractivity contribution in [2.24, 2.45) is 0 Å². The third-order valence-electron chi connectivity index (χ3n) is 8.43. The van der Waals surface area contributed by atoms with E-state index in [4.69, 9.17) is 4.74 Å². The number of hydrogen-bond acceptors (Lipinski definition) is 4. The Balaban J connectivity index is 1.12. The number of para-hydroxylation sites is 3. The summed E-state index contributed by atoms with van der Waals surface area (Å²) in [6.07, 6.45) is 5.51. The number of likely N-dealkylation sites (tertiary alicyclic amines) is 2. The predicted octanol–water partition coefficient (Wildman–Crippen LogP) is 5.92. The Hall–Kier alpha value is -3.35. The normalized spacial score (nSPS) is 19.3. The second-order valence-electron chi connectivity index (χ2n) is 10.9. The van der Waals surface area contributed by atoms with Crippen LogP contribution in [0.2, 0.25) is 0 Å². The van der Waals surface area contributed by atoms with Gasteiger partial charge in [-0.15, -0.1) is 0 Å². The van der Waals surface area contributed by atoms with Crippen molar-refractivity contribution in [3.8, 4) is 11.5 Å². The van der Waals surface area contributed by atoms with Gasteiger partial charge >= 0.3 is 5.69 Å². The van der Waals surface area contributed by atoms with Crippen molar-refractivity contribution in [3.63, 3.8) is 0 Å². The number of nitrogens with zero attached hydrogens (tertiary/aromatic N) is 4. The van der Waals surface area contributed by atoms with Crippen LogP contribution in [-0.2, 0) is 13.1 Å². The van der Waals surface area contributed by atoms with Gasteiger partial charge in [-0.25, -0.2) is 4.79 Å². The predicted molar refractivity (Wildman–Crippen MR) is 153 cm³/mol. The van der Waals surface area contributed by atoms with Gasteiger partial charge < -0.3 is 9.64 Å². The van der Waals surface area contributed by atoms with E-state index in [1.165, 1.54) is 24.9 Å². The summed E-state index contributed by atoms with van der Waals surface area (Å²) in [6.45, 7) is 4.82. The summed E-state index contributed by atoms with van der Waals surface area (Å²) in [6, 6.07) is 27.5. The number of imidazole rings is 1. The highest BCUT2D eigenvalue weighted by atomic mass is 16.5. The van der Waals surface area contributed by atoms with Crippen LogP contribution < -0.4 is 10.4 Å². The first-order valence-electron chi connectivity index (χ1n) is 14.1. The van der Waals surface area contributed by atoms with Gasteiger partial charge in [0.05, 0.1) is 11.0 Å². The van der Waals surface area contributed by atoms with E-state index in [1.54, 1.807) is 0 Å². The molecule has 198 valence electrons. The molecule has 2 aliphatic rings. The third-order valence-corrected chi connectivity index (χ3v) is 8.43. The van der Waals surface area contributed by atoms with Crippen LogP contribution in [0.5, 0.6) is 11.5 Å². The molecule has 2 aliphatic heterocycles. The van der Waals surface area contributed by atoms with Gasteiger partial charge in [0.1, 0.15) is 11.5 Å². The zero-order chi connectivity index (χ0) is 25.9. The zero-order valence-corrected chi connectivity index (χ0v) is 22.3. The molecule has 0 amide bonds. The highest BCUT2D eigenvalue weighted by Gasteiger charge is 2.26. The summed E-state index contributed by atoms with van der Waals surface area (Å²) in [5, 5.41) is 0. The molecule has 6 heteroatoms. The van der Waals surface area contributed by atoms with E-state index in [-0.39, 0.29) is 11.7 Å². The lowest BCUT2D eigenvalue weighted by Crippen LogP contribution is -2.37. The fourth-order valence-electron chi connectivity index (χ4n) is 6.35. The minimum Gasteiger partial charge on any atom is -0.457 e. The molecule has 0 spiro atoms. The van der Waals surface area contributed by atoms with Crippen LogP contribution in [0.3, 0.4) is 0 Å². The highest BCUT2D eigenvalue weighted by molar-refractivity contribution is 5.76. The fraction of sp³-hybridized carbons (Fsp3) is 0.406. The molecular weight excluding hydrogens is 472 g/mol. The Morgan fingerprint density at radius 1 is 0.816 bits per heavy atom. The summed E-state index contributed by atoms with van der Waals surface area (Å²) in [5.74, 6) is 1.72. The fourth-order valence-corrected chi connectivity index (χ4v) is 6.35.